The van der Waals surface area contributed by atoms with Crippen LogP contribution in [0.25, 0.3) is 0 Å². The van der Waals surface area contributed by atoms with Crippen molar-refractivity contribution in [1.82, 2.24) is 10.2 Å². The molecule has 0 fully saturated rings. The number of rotatable bonds is 5. The summed E-state index contributed by atoms with van der Waals surface area (Å²) in [6, 6.07) is -0.623. The van der Waals surface area contributed by atoms with E-state index in [2.05, 4.69) is 5.32 Å². The van der Waals surface area contributed by atoms with Crippen molar-refractivity contribution in [3.05, 3.63) is 0 Å². The Balaban J connectivity index is 4.17. The number of hydrogen-bond donors (Lipinski definition) is 2. The molecule has 5 nitrogen and oxygen atoms in total. The van der Waals surface area contributed by atoms with Crippen LogP contribution in [0, 0.1) is 0 Å². The summed E-state index contributed by atoms with van der Waals surface area (Å²) in [5.74, 6) is -1.08. The zero-order valence-corrected chi connectivity index (χ0v) is 8.20. The normalized spacial score (nSPS) is 12.6. The second-order valence-electron chi connectivity index (χ2n) is 2.75. The van der Waals surface area contributed by atoms with E-state index in [-0.39, 0.29) is 12.5 Å². The molecule has 2 N–H and O–H groups in total. The molecule has 1 unspecified atom stereocenters. The van der Waals surface area contributed by atoms with Crippen molar-refractivity contribution >= 4 is 11.9 Å². The van der Waals surface area contributed by atoms with Gasteiger partial charge in [-0.15, -0.1) is 0 Å². The molecule has 0 aliphatic heterocycles. The van der Waals surface area contributed by atoms with Gasteiger partial charge in [0.1, 0.15) is 6.04 Å². The SMILES string of the molecule is CCN(CC(=O)NC)C(C)C(=O)O. The van der Waals surface area contributed by atoms with Gasteiger partial charge in [-0.1, -0.05) is 6.92 Å². The number of carboxylic acids is 1. The number of nitrogens with one attached hydrogen (secondary N) is 1. The third-order valence-electron chi connectivity index (χ3n) is 1.94. The van der Waals surface area contributed by atoms with Crippen molar-refractivity contribution in [2.24, 2.45) is 0 Å². The third kappa shape index (κ3) is 3.89. The van der Waals surface area contributed by atoms with Gasteiger partial charge in [0.25, 0.3) is 0 Å². The van der Waals surface area contributed by atoms with Crippen LogP contribution in [0.4, 0.5) is 0 Å². The quantitative estimate of drug-likeness (QED) is 0.612. The molecule has 0 aromatic heterocycles. The predicted molar refractivity (Wildman–Crippen MR) is 48.4 cm³/mol. The molecule has 0 aromatic rings. The van der Waals surface area contributed by atoms with Gasteiger partial charge >= 0.3 is 5.97 Å². The average Bonchev–Trinajstić information content (AvgIpc) is 2.12. The average molecular weight is 188 g/mol. The fourth-order valence-corrected chi connectivity index (χ4v) is 0.942. The summed E-state index contributed by atoms with van der Waals surface area (Å²) in [6.45, 7) is 4.05. The van der Waals surface area contributed by atoms with Crippen LogP contribution in [-0.4, -0.2) is 48.1 Å². The largest absolute Gasteiger partial charge is 0.480 e. The highest BCUT2D eigenvalue weighted by Crippen LogP contribution is 1.97. The van der Waals surface area contributed by atoms with Crippen LogP contribution in [0.15, 0.2) is 0 Å². The first-order chi connectivity index (χ1) is 6.02. The van der Waals surface area contributed by atoms with E-state index in [1.165, 1.54) is 7.05 Å². The van der Waals surface area contributed by atoms with E-state index in [0.29, 0.717) is 6.54 Å². The minimum atomic E-state index is -0.911. The third-order valence-corrected chi connectivity index (χ3v) is 1.94. The molecule has 0 spiro atoms. The van der Waals surface area contributed by atoms with Crippen LogP contribution in [0.3, 0.4) is 0 Å². The molecule has 0 rings (SSSR count). The molecule has 0 aliphatic carbocycles. The molecule has 0 heterocycles. The van der Waals surface area contributed by atoms with Gasteiger partial charge < -0.3 is 10.4 Å². The van der Waals surface area contributed by atoms with Gasteiger partial charge in [0.05, 0.1) is 6.54 Å². The van der Waals surface area contributed by atoms with E-state index >= 15 is 0 Å². The molecule has 0 bridgehead atoms. The van der Waals surface area contributed by atoms with Crippen molar-refractivity contribution in [2.75, 3.05) is 20.1 Å². The number of likely N-dealkylation sites (N-methyl/N-ethyl adjacent to an activating group) is 2. The fourth-order valence-electron chi connectivity index (χ4n) is 0.942. The molecule has 0 aromatic carbocycles. The van der Waals surface area contributed by atoms with E-state index in [1.807, 2.05) is 6.92 Å². The van der Waals surface area contributed by atoms with Gasteiger partial charge in [-0.05, 0) is 13.5 Å². The predicted octanol–water partition coefficient (Wildman–Crippen LogP) is -0.473. The van der Waals surface area contributed by atoms with E-state index in [9.17, 15) is 9.59 Å². The van der Waals surface area contributed by atoms with E-state index in [0.717, 1.165) is 0 Å². The molecule has 0 aliphatic rings. The van der Waals surface area contributed by atoms with Crippen molar-refractivity contribution in [2.45, 2.75) is 19.9 Å². The topological polar surface area (TPSA) is 69.6 Å². The summed E-state index contributed by atoms with van der Waals surface area (Å²) in [4.78, 5) is 23.1. The Bertz CT molecular complexity index is 194. The lowest BCUT2D eigenvalue weighted by molar-refractivity contribution is -0.143. The Morgan fingerprint density at radius 2 is 2.08 bits per heavy atom. The number of hydrogen-bond acceptors (Lipinski definition) is 3. The van der Waals surface area contributed by atoms with Gasteiger partial charge in [0.15, 0.2) is 0 Å². The van der Waals surface area contributed by atoms with Crippen LogP contribution >= 0.6 is 0 Å². The van der Waals surface area contributed by atoms with E-state index in [4.69, 9.17) is 5.11 Å². The number of amides is 1. The Morgan fingerprint density at radius 3 is 2.38 bits per heavy atom. The minimum Gasteiger partial charge on any atom is -0.480 e. The van der Waals surface area contributed by atoms with Crippen molar-refractivity contribution < 1.29 is 14.7 Å². The molecular formula is C8H16N2O3. The number of carbonyl (C=O) groups excluding carboxylic acids is 1. The van der Waals surface area contributed by atoms with E-state index < -0.39 is 12.0 Å². The molecule has 1 amide bonds. The standard InChI is InChI=1S/C8H16N2O3/c1-4-10(5-7(11)9-3)6(2)8(12)13/h6H,4-5H2,1-3H3,(H,9,11)(H,12,13). The first-order valence-electron chi connectivity index (χ1n) is 4.20. The Kier molecular flexibility index (Phi) is 5.06. The zero-order chi connectivity index (χ0) is 10.4. The lowest BCUT2D eigenvalue weighted by Crippen LogP contribution is -2.44. The Morgan fingerprint density at radius 1 is 1.54 bits per heavy atom. The van der Waals surface area contributed by atoms with Crippen LogP contribution in [0.5, 0.6) is 0 Å². The lowest BCUT2D eigenvalue weighted by Gasteiger charge is -2.23. The van der Waals surface area contributed by atoms with Crippen molar-refractivity contribution in [1.29, 1.82) is 0 Å². The molecule has 0 saturated heterocycles. The Hall–Kier alpha value is -1.10. The van der Waals surface area contributed by atoms with Crippen molar-refractivity contribution in [3.8, 4) is 0 Å². The highest BCUT2D eigenvalue weighted by molar-refractivity contribution is 5.79. The summed E-state index contributed by atoms with van der Waals surface area (Å²) < 4.78 is 0. The number of nitrogens with zero attached hydrogens (tertiary/aromatic N) is 1. The maximum atomic E-state index is 11.0. The fraction of sp³-hybridized carbons (Fsp3) is 0.750. The van der Waals surface area contributed by atoms with Gasteiger partial charge in [0, 0.05) is 7.05 Å². The molecule has 1 atom stereocenters. The maximum Gasteiger partial charge on any atom is 0.320 e. The Labute approximate surface area is 77.7 Å². The first-order valence-corrected chi connectivity index (χ1v) is 4.20. The highest BCUT2D eigenvalue weighted by Gasteiger charge is 2.20. The summed E-state index contributed by atoms with van der Waals surface area (Å²) in [5, 5.41) is 11.1. The van der Waals surface area contributed by atoms with E-state index in [1.54, 1.807) is 11.8 Å². The molecule has 5 heteroatoms. The van der Waals surface area contributed by atoms with Crippen LogP contribution in [0.1, 0.15) is 13.8 Å². The number of carbonyl (C=O) groups is 2. The molecule has 76 valence electrons. The van der Waals surface area contributed by atoms with Crippen LogP contribution in [-0.2, 0) is 9.59 Å². The summed E-state index contributed by atoms with van der Waals surface area (Å²) >= 11 is 0. The molecule has 0 radical (unpaired) electrons. The summed E-state index contributed by atoms with van der Waals surface area (Å²) in [5.41, 5.74) is 0. The number of carboxylic acid groups (broad SMARTS) is 1. The monoisotopic (exact) mass is 188 g/mol. The zero-order valence-electron chi connectivity index (χ0n) is 8.20. The maximum absolute atomic E-state index is 11.0. The molecule has 0 saturated carbocycles. The smallest absolute Gasteiger partial charge is 0.320 e. The van der Waals surface area contributed by atoms with Gasteiger partial charge in [-0.2, -0.15) is 0 Å². The summed E-state index contributed by atoms with van der Waals surface area (Å²) in [7, 11) is 1.53. The second kappa shape index (κ2) is 5.53. The molecular weight excluding hydrogens is 172 g/mol. The number of aliphatic carboxylic acids is 1. The summed E-state index contributed by atoms with van der Waals surface area (Å²) in [6.07, 6.45) is 0. The highest BCUT2D eigenvalue weighted by atomic mass is 16.4. The second-order valence-corrected chi connectivity index (χ2v) is 2.75. The van der Waals surface area contributed by atoms with Gasteiger partial charge in [0.2, 0.25) is 5.91 Å². The lowest BCUT2D eigenvalue weighted by atomic mass is 10.3. The van der Waals surface area contributed by atoms with Crippen LogP contribution in [0.2, 0.25) is 0 Å². The van der Waals surface area contributed by atoms with Crippen LogP contribution < -0.4 is 5.32 Å². The van der Waals surface area contributed by atoms with Crippen molar-refractivity contribution in [3.63, 3.8) is 0 Å². The van der Waals surface area contributed by atoms with Gasteiger partial charge in [-0.3, -0.25) is 14.5 Å². The molecule has 13 heavy (non-hydrogen) atoms. The first kappa shape index (κ1) is 11.9. The minimum absolute atomic E-state index is 0.125. The van der Waals surface area contributed by atoms with Gasteiger partial charge in [-0.25, -0.2) is 0 Å².